The van der Waals surface area contributed by atoms with Crippen molar-refractivity contribution in [3.05, 3.63) is 29.8 Å². The summed E-state index contributed by atoms with van der Waals surface area (Å²) in [5, 5.41) is 18.9. The van der Waals surface area contributed by atoms with Crippen LogP contribution >= 0.6 is 0 Å². The Labute approximate surface area is 114 Å². The first-order valence-electron chi connectivity index (χ1n) is 6.71. The Morgan fingerprint density at radius 1 is 1.53 bits per heavy atom. The fourth-order valence-corrected chi connectivity index (χ4v) is 2.41. The van der Waals surface area contributed by atoms with Crippen LogP contribution in [0.3, 0.4) is 0 Å². The molecule has 1 aliphatic heterocycles. The molecule has 0 aliphatic carbocycles. The molecule has 4 heteroatoms. The Balaban J connectivity index is 1.80. The number of likely N-dealkylation sites (tertiary alicyclic amines) is 1. The lowest BCUT2D eigenvalue weighted by Crippen LogP contribution is -2.34. The molecule has 0 radical (unpaired) electrons. The third kappa shape index (κ3) is 3.95. The predicted molar refractivity (Wildman–Crippen MR) is 72.9 cm³/mol. The molecule has 2 unspecified atom stereocenters. The molecule has 2 rings (SSSR count). The number of hydrogen-bond acceptors (Lipinski definition) is 4. The second-order valence-electron chi connectivity index (χ2n) is 5.23. The Bertz CT molecular complexity index is 456. The first-order valence-corrected chi connectivity index (χ1v) is 6.71. The Kier molecular flexibility index (Phi) is 4.78. The highest BCUT2D eigenvalue weighted by molar-refractivity contribution is 5.42. The zero-order valence-electron chi connectivity index (χ0n) is 11.2. The minimum Gasteiger partial charge on any atom is -0.489 e. The molecule has 0 bridgehead atoms. The van der Waals surface area contributed by atoms with Crippen LogP contribution in [0.2, 0.25) is 0 Å². The number of aliphatic hydroxyl groups is 1. The molecule has 19 heavy (non-hydrogen) atoms. The fourth-order valence-electron chi connectivity index (χ4n) is 2.41. The second kappa shape index (κ2) is 6.55. The Hall–Kier alpha value is -1.57. The smallest absolute Gasteiger partial charge is 0.137 e. The SMILES string of the molecule is CC1CCN(CC(O)COc2ccccc2C#N)C1. The van der Waals surface area contributed by atoms with E-state index in [1.54, 1.807) is 18.2 Å². The van der Waals surface area contributed by atoms with Gasteiger partial charge >= 0.3 is 0 Å². The van der Waals surface area contributed by atoms with E-state index in [-0.39, 0.29) is 6.61 Å². The molecule has 1 saturated heterocycles. The van der Waals surface area contributed by atoms with Crippen molar-refractivity contribution in [3.63, 3.8) is 0 Å². The van der Waals surface area contributed by atoms with Crippen molar-refractivity contribution in [2.75, 3.05) is 26.2 Å². The van der Waals surface area contributed by atoms with E-state index in [2.05, 4.69) is 17.9 Å². The molecule has 0 saturated carbocycles. The van der Waals surface area contributed by atoms with Crippen LogP contribution in [-0.2, 0) is 0 Å². The van der Waals surface area contributed by atoms with Crippen LogP contribution in [-0.4, -0.2) is 42.4 Å². The summed E-state index contributed by atoms with van der Waals surface area (Å²) in [6.07, 6.45) is 0.683. The van der Waals surface area contributed by atoms with Gasteiger partial charge in [0, 0.05) is 13.1 Å². The molecular formula is C15H20N2O2. The number of para-hydroxylation sites is 1. The zero-order chi connectivity index (χ0) is 13.7. The van der Waals surface area contributed by atoms with E-state index in [1.165, 1.54) is 6.42 Å². The highest BCUT2D eigenvalue weighted by Crippen LogP contribution is 2.18. The number of rotatable bonds is 5. The summed E-state index contributed by atoms with van der Waals surface area (Å²) >= 11 is 0. The minimum atomic E-state index is -0.517. The van der Waals surface area contributed by atoms with Crippen LogP contribution < -0.4 is 4.74 Å². The molecule has 1 heterocycles. The summed E-state index contributed by atoms with van der Waals surface area (Å²) in [7, 11) is 0. The normalized spacial score (nSPS) is 21.0. The second-order valence-corrected chi connectivity index (χ2v) is 5.23. The van der Waals surface area contributed by atoms with Crippen LogP contribution in [0, 0.1) is 17.2 Å². The fraction of sp³-hybridized carbons (Fsp3) is 0.533. The molecule has 1 fully saturated rings. The number of ether oxygens (including phenoxy) is 1. The van der Waals surface area contributed by atoms with Gasteiger partial charge in [-0.15, -0.1) is 0 Å². The van der Waals surface area contributed by atoms with E-state index in [0.717, 1.165) is 13.1 Å². The third-order valence-electron chi connectivity index (χ3n) is 3.42. The van der Waals surface area contributed by atoms with Gasteiger partial charge in [0.15, 0.2) is 0 Å². The number of aliphatic hydroxyl groups excluding tert-OH is 1. The van der Waals surface area contributed by atoms with Gasteiger partial charge < -0.3 is 14.7 Å². The van der Waals surface area contributed by atoms with Gasteiger partial charge in [-0.25, -0.2) is 0 Å². The highest BCUT2D eigenvalue weighted by atomic mass is 16.5. The van der Waals surface area contributed by atoms with E-state index in [1.807, 2.05) is 6.07 Å². The lowest BCUT2D eigenvalue weighted by atomic mass is 10.2. The average molecular weight is 260 g/mol. The topological polar surface area (TPSA) is 56.5 Å². The Morgan fingerprint density at radius 2 is 2.32 bits per heavy atom. The van der Waals surface area contributed by atoms with Crippen molar-refractivity contribution < 1.29 is 9.84 Å². The summed E-state index contributed by atoms with van der Waals surface area (Å²) in [5.41, 5.74) is 0.504. The van der Waals surface area contributed by atoms with Crippen LogP contribution in [0.1, 0.15) is 18.9 Å². The van der Waals surface area contributed by atoms with Crippen LogP contribution in [0.25, 0.3) is 0 Å². The van der Waals surface area contributed by atoms with Crippen LogP contribution in [0.5, 0.6) is 5.75 Å². The van der Waals surface area contributed by atoms with E-state index in [9.17, 15) is 5.11 Å². The quantitative estimate of drug-likeness (QED) is 0.874. The van der Waals surface area contributed by atoms with Crippen molar-refractivity contribution >= 4 is 0 Å². The van der Waals surface area contributed by atoms with E-state index >= 15 is 0 Å². The Morgan fingerprint density at radius 3 is 3.00 bits per heavy atom. The van der Waals surface area contributed by atoms with Crippen LogP contribution in [0.15, 0.2) is 24.3 Å². The molecule has 0 spiro atoms. The number of nitrogens with zero attached hydrogens (tertiary/aromatic N) is 2. The van der Waals surface area contributed by atoms with Gasteiger partial charge in [0.25, 0.3) is 0 Å². The largest absolute Gasteiger partial charge is 0.489 e. The highest BCUT2D eigenvalue weighted by Gasteiger charge is 2.21. The van der Waals surface area contributed by atoms with Crippen molar-refractivity contribution in [3.8, 4) is 11.8 Å². The maximum Gasteiger partial charge on any atom is 0.137 e. The molecule has 0 aromatic heterocycles. The maximum atomic E-state index is 9.97. The standard InChI is InChI=1S/C15H20N2O2/c1-12-6-7-17(9-12)10-14(18)11-19-15-5-3-2-4-13(15)8-16/h2-5,12,14,18H,6-7,9-11H2,1H3. The predicted octanol–water partition coefficient (Wildman–Crippen LogP) is 1.64. The van der Waals surface area contributed by atoms with E-state index in [0.29, 0.717) is 23.8 Å². The van der Waals surface area contributed by atoms with Gasteiger partial charge in [0.05, 0.1) is 5.56 Å². The molecule has 2 atom stereocenters. The van der Waals surface area contributed by atoms with E-state index in [4.69, 9.17) is 10.00 Å². The summed E-state index contributed by atoms with van der Waals surface area (Å²) < 4.78 is 5.53. The van der Waals surface area contributed by atoms with Crippen molar-refractivity contribution in [1.29, 1.82) is 5.26 Å². The van der Waals surface area contributed by atoms with Gasteiger partial charge in [-0.3, -0.25) is 0 Å². The molecule has 1 aromatic rings. The summed E-state index contributed by atoms with van der Waals surface area (Å²) in [6, 6.07) is 9.17. The summed E-state index contributed by atoms with van der Waals surface area (Å²) in [6.45, 7) is 5.19. The van der Waals surface area contributed by atoms with E-state index < -0.39 is 6.10 Å². The zero-order valence-corrected chi connectivity index (χ0v) is 11.2. The van der Waals surface area contributed by atoms with Crippen molar-refractivity contribution in [2.24, 2.45) is 5.92 Å². The maximum absolute atomic E-state index is 9.97. The molecule has 1 N–H and O–H groups in total. The monoisotopic (exact) mass is 260 g/mol. The molecule has 0 amide bonds. The third-order valence-corrected chi connectivity index (χ3v) is 3.42. The summed E-state index contributed by atoms with van der Waals surface area (Å²) in [4.78, 5) is 2.26. The number of benzene rings is 1. The number of hydrogen-bond donors (Lipinski definition) is 1. The molecule has 4 nitrogen and oxygen atoms in total. The van der Waals surface area contributed by atoms with Crippen molar-refractivity contribution in [2.45, 2.75) is 19.4 Å². The number of nitriles is 1. The summed E-state index contributed by atoms with van der Waals surface area (Å²) in [5.74, 6) is 1.26. The first kappa shape index (κ1) is 13.9. The van der Waals surface area contributed by atoms with Crippen molar-refractivity contribution in [1.82, 2.24) is 4.90 Å². The van der Waals surface area contributed by atoms with Gasteiger partial charge in [-0.1, -0.05) is 19.1 Å². The van der Waals surface area contributed by atoms with Gasteiger partial charge in [-0.2, -0.15) is 5.26 Å². The molecule has 102 valence electrons. The van der Waals surface area contributed by atoms with Crippen LogP contribution in [0.4, 0.5) is 0 Å². The average Bonchev–Trinajstić information content (AvgIpc) is 2.82. The molecule has 1 aromatic carbocycles. The molecule has 1 aliphatic rings. The molecular weight excluding hydrogens is 240 g/mol. The lowest BCUT2D eigenvalue weighted by molar-refractivity contribution is 0.0748. The van der Waals surface area contributed by atoms with Gasteiger partial charge in [-0.05, 0) is 31.0 Å². The first-order chi connectivity index (χ1) is 9.19. The van der Waals surface area contributed by atoms with Gasteiger partial charge in [0.2, 0.25) is 0 Å². The lowest BCUT2D eigenvalue weighted by Gasteiger charge is -2.20. The van der Waals surface area contributed by atoms with Gasteiger partial charge in [0.1, 0.15) is 24.5 Å². The minimum absolute atomic E-state index is 0.226. The number of β-amino-alcohol motifs (C(OH)–C–C–N with tert-alkyl or cyclic N) is 1.